The lowest BCUT2D eigenvalue weighted by Gasteiger charge is -2.28. The van der Waals surface area contributed by atoms with E-state index in [1.807, 2.05) is 18.2 Å². The first-order valence-corrected chi connectivity index (χ1v) is 8.92. The molecule has 21 heavy (non-hydrogen) atoms. The van der Waals surface area contributed by atoms with E-state index in [1.165, 1.54) is 0 Å². The Morgan fingerprint density at radius 1 is 1.33 bits per heavy atom. The minimum Gasteiger partial charge on any atom is -0.391 e. The van der Waals surface area contributed by atoms with Gasteiger partial charge in [-0.05, 0) is 24.5 Å². The summed E-state index contributed by atoms with van der Waals surface area (Å²) >= 11 is 0. The fraction of sp³-hybridized carbons (Fsp3) is 0.533. The Morgan fingerprint density at radius 2 is 2.05 bits per heavy atom. The second-order valence-electron chi connectivity index (χ2n) is 5.43. The van der Waals surface area contributed by atoms with Gasteiger partial charge in [-0.3, -0.25) is 4.21 Å². The van der Waals surface area contributed by atoms with Crippen molar-refractivity contribution < 1.29 is 14.1 Å². The van der Waals surface area contributed by atoms with Gasteiger partial charge in [0.2, 0.25) is 0 Å². The molecule has 1 aromatic rings. The predicted octanol–water partition coefficient (Wildman–Crippen LogP) is 1.99. The Bertz CT molecular complexity index is 521. The smallest absolute Gasteiger partial charge is 0.319 e. The zero-order valence-corrected chi connectivity index (χ0v) is 13.0. The number of aliphatic hydroxyl groups is 1. The third kappa shape index (κ3) is 4.82. The summed E-state index contributed by atoms with van der Waals surface area (Å²) in [5, 5.41) is 15.5. The largest absolute Gasteiger partial charge is 0.391 e. The van der Waals surface area contributed by atoms with Crippen LogP contribution in [0.3, 0.4) is 0 Å². The third-order valence-corrected chi connectivity index (χ3v) is 4.39. The maximum absolute atomic E-state index is 12.1. The first kappa shape index (κ1) is 16.0. The highest BCUT2D eigenvalue weighted by Crippen LogP contribution is 2.19. The molecule has 0 spiro atoms. The summed E-state index contributed by atoms with van der Waals surface area (Å²) in [6.07, 6.45) is 4.73. The molecule has 2 rings (SSSR count). The number of carbonyl (C=O) groups is 1. The van der Waals surface area contributed by atoms with Gasteiger partial charge in [0.15, 0.2) is 0 Å². The van der Waals surface area contributed by atoms with Gasteiger partial charge in [0.05, 0.1) is 17.9 Å². The number of nitrogens with one attached hydrogen (secondary N) is 2. The molecule has 0 aromatic heterocycles. The fourth-order valence-corrected chi connectivity index (χ4v) is 3.28. The number of urea groups is 1. The van der Waals surface area contributed by atoms with Crippen molar-refractivity contribution in [2.75, 3.05) is 11.6 Å². The second-order valence-corrected chi connectivity index (χ2v) is 6.87. The number of aliphatic hydroxyl groups excluding tert-OH is 1. The van der Waals surface area contributed by atoms with Crippen molar-refractivity contribution >= 4 is 22.5 Å². The van der Waals surface area contributed by atoms with Gasteiger partial charge >= 0.3 is 6.03 Å². The van der Waals surface area contributed by atoms with Gasteiger partial charge in [0.1, 0.15) is 0 Å². The summed E-state index contributed by atoms with van der Waals surface area (Å²) in [6.45, 7) is 0. The molecular formula is C15H22N2O3S. The number of carbonyl (C=O) groups excluding carboxylic acids is 1. The van der Waals surface area contributed by atoms with Crippen molar-refractivity contribution in [2.24, 2.45) is 0 Å². The van der Waals surface area contributed by atoms with Crippen LogP contribution in [0.2, 0.25) is 0 Å². The molecule has 6 heteroatoms. The quantitative estimate of drug-likeness (QED) is 0.796. The zero-order chi connectivity index (χ0) is 15.2. The Kier molecular flexibility index (Phi) is 5.76. The van der Waals surface area contributed by atoms with Gasteiger partial charge < -0.3 is 15.7 Å². The van der Waals surface area contributed by atoms with Gasteiger partial charge in [-0.2, -0.15) is 0 Å². The molecular weight excluding hydrogens is 288 g/mol. The first-order valence-electron chi connectivity index (χ1n) is 7.20. The molecule has 1 aromatic carbocycles. The Balaban J connectivity index is 1.97. The number of rotatable bonds is 4. The van der Waals surface area contributed by atoms with E-state index < -0.39 is 16.9 Å². The summed E-state index contributed by atoms with van der Waals surface area (Å²) in [7, 11) is -0.965. The lowest BCUT2D eigenvalue weighted by atomic mass is 9.93. The normalized spacial score (nSPS) is 23.3. The molecule has 5 nitrogen and oxygen atoms in total. The highest BCUT2D eigenvalue weighted by molar-refractivity contribution is 7.83. The molecule has 3 N–H and O–H groups in total. The van der Waals surface area contributed by atoms with Crippen molar-refractivity contribution in [2.45, 2.75) is 43.6 Å². The van der Waals surface area contributed by atoms with Gasteiger partial charge in [0, 0.05) is 22.7 Å². The number of hydrogen-bond donors (Lipinski definition) is 3. The summed E-state index contributed by atoms with van der Waals surface area (Å²) < 4.78 is 11.4. The minimum absolute atomic E-state index is 0.189. The van der Waals surface area contributed by atoms with E-state index in [4.69, 9.17) is 0 Å². The van der Waals surface area contributed by atoms with E-state index >= 15 is 0 Å². The standard InChI is InChI=1S/C15H22N2O3S/c1-21(20)10-11-6-2-3-7-12(11)16-15(19)17-13-8-4-5-9-14(13)18/h2-3,6-7,13-14,18H,4-5,8-10H2,1H3,(H2,16,17,19)/t13-,14-,21+/m1/s1. The highest BCUT2D eigenvalue weighted by Gasteiger charge is 2.24. The molecule has 3 atom stereocenters. The molecule has 1 saturated carbocycles. The van der Waals surface area contributed by atoms with Crippen molar-refractivity contribution in [3.63, 3.8) is 0 Å². The zero-order valence-electron chi connectivity index (χ0n) is 12.2. The summed E-state index contributed by atoms with van der Waals surface area (Å²) in [5.41, 5.74) is 1.51. The maximum Gasteiger partial charge on any atom is 0.319 e. The Labute approximate surface area is 127 Å². The van der Waals surface area contributed by atoms with E-state index in [2.05, 4.69) is 10.6 Å². The van der Waals surface area contributed by atoms with Crippen LogP contribution in [0.4, 0.5) is 10.5 Å². The van der Waals surface area contributed by atoms with Gasteiger partial charge in [-0.1, -0.05) is 31.0 Å². The van der Waals surface area contributed by atoms with E-state index in [1.54, 1.807) is 12.3 Å². The molecule has 0 unspecified atom stereocenters. The van der Waals surface area contributed by atoms with Gasteiger partial charge in [-0.15, -0.1) is 0 Å². The first-order chi connectivity index (χ1) is 10.1. The molecule has 116 valence electrons. The van der Waals surface area contributed by atoms with E-state index in [-0.39, 0.29) is 12.1 Å². The summed E-state index contributed by atoms with van der Waals surface area (Å²) in [6, 6.07) is 6.82. The average Bonchev–Trinajstić information content (AvgIpc) is 2.43. The van der Waals surface area contributed by atoms with Crippen molar-refractivity contribution in [3.8, 4) is 0 Å². The van der Waals surface area contributed by atoms with Crippen LogP contribution in [0.1, 0.15) is 31.2 Å². The Morgan fingerprint density at radius 3 is 2.76 bits per heavy atom. The molecule has 0 radical (unpaired) electrons. The average molecular weight is 310 g/mol. The van der Waals surface area contributed by atoms with E-state index in [0.717, 1.165) is 31.2 Å². The molecule has 0 saturated heterocycles. The topological polar surface area (TPSA) is 78.4 Å². The van der Waals surface area contributed by atoms with Crippen LogP contribution in [0.15, 0.2) is 24.3 Å². The molecule has 1 aliphatic carbocycles. The van der Waals surface area contributed by atoms with Crippen LogP contribution in [-0.2, 0) is 16.6 Å². The third-order valence-electron chi connectivity index (χ3n) is 3.67. The molecule has 0 aliphatic heterocycles. The van der Waals surface area contributed by atoms with Gasteiger partial charge in [-0.25, -0.2) is 4.79 Å². The van der Waals surface area contributed by atoms with Crippen molar-refractivity contribution in [1.82, 2.24) is 5.32 Å². The lowest BCUT2D eigenvalue weighted by molar-refractivity contribution is 0.0955. The summed E-state index contributed by atoms with van der Waals surface area (Å²) in [5.74, 6) is 0.405. The maximum atomic E-state index is 12.1. The SMILES string of the molecule is C[S@](=O)Cc1ccccc1NC(=O)N[C@@H]1CCCC[C@H]1O. The molecule has 2 amide bonds. The van der Waals surface area contributed by atoms with Crippen LogP contribution in [0.5, 0.6) is 0 Å². The van der Waals surface area contributed by atoms with E-state index in [0.29, 0.717) is 11.4 Å². The van der Waals surface area contributed by atoms with Crippen LogP contribution >= 0.6 is 0 Å². The molecule has 1 fully saturated rings. The van der Waals surface area contributed by atoms with Crippen LogP contribution in [-0.4, -0.2) is 33.7 Å². The minimum atomic E-state index is -0.965. The molecule has 0 bridgehead atoms. The van der Waals surface area contributed by atoms with E-state index in [9.17, 15) is 14.1 Å². The van der Waals surface area contributed by atoms with Crippen LogP contribution in [0.25, 0.3) is 0 Å². The highest BCUT2D eigenvalue weighted by atomic mass is 32.2. The summed E-state index contributed by atoms with van der Waals surface area (Å²) in [4.78, 5) is 12.1. The predicted molar refractivity (Wildman–Crippen MR) is 84.6 cm³/mol. The van der Waals surface area contributed by atoms with Gasteiger partial charge in [0.25, 0.3) is 0 Å². The number of para-hydroxylation sites is 1. The monoisotopic (exact) mass is 310 g/mol. The molecule has 1 aliphatic rings. The molecule has 0 heterocycles. The second kappa shape index (κ2) is 7.56. The number of anilines is 1. The fourth-order valence-electron chi connectivity index (χ4n) is 2.59. The number of benzene rings is 1. The van der Waals surface area contributed by atoms with Crippen molar-refractivity contribution in [1.29, 1.82) is 0 Å². The van der Waals surface area contributed by atoms with Crippen molar-refractivity contribution in [3.05, 3.63) is 29.8 Å². The lowest BCUT2D eigenvalue weighted by Crippen LogP contribution is -2.46. The van der Waals surface area contributed by atoms with Crippen LogP contribution < -0.4 is 10.6 Å². The Hall–Kier alpha value is -1.40. The van der Waals surface area contributed by atoms with Crippen LogP contribution in [0, 0.1) is 0 Å². The number of hydrogen-bond acceptors (Lipinski definition) is 3. The number of amides is 2.